The Morgan fingerprint density at radius 3 is 2.86 bits per heavy atom. The molecule has 116 valence electrons. The Kier molecular flexibility index (Phi) is 8.77. The highest BCUT2D eigenvalue weighted by molar-refractivity contribution is 9.10. The van der Waals surface area contributed by atoms with Gasteiger partial charge in [0.2, 0.25) is 0 Å². The molecule has 0 unspecified atom stereocenters. The van der Waals surface area contributed by atoms with Gasteiger partial charge in [0.1, 0.15) is 0 Å². The number of nitrogens with one attached hydrogen (secondary N) is 3. The van der Waals surface area contributed by atoms with E-state index in [4.69, 9.17) is 12.2 Å². The van der Waals surface area contributed by atoms with Crippen LogP contribution in [0.5, 0.6) is 0 Å². The molecular formula is C14H20BrN3O2S. The summed E-state index contributed by atoms with van der Waals surface area (Å²) in [4.78, 5) is 10.9. The number of unbranched alkanes of at least 4 members (excludes halogenated alkanes) is 2. The van der Waals surface area contributed by atoms with Crippen LogP contribution in [-0.4, -0.2) is 24.7 Å². The van der Waals surface area contributed by atoms with Gasteiger partial charge < -0.3 is 10.1 Å². The maximum Gasteiger partial charge on any atom is 0.305 e. The van der Waals surface area contributed by atoms with Crippen molar-refractivity contribution in [1.82, 2.24) is 10.7 Å². The zero-order chi connectivity index (χ0) is 15.5. The second-order valence-electron chi connectivity index (χ2n) is 4.40. The molecular weight excluding hydrogens is 354 g/mol. The molecule has 0 amide bonds. The summed E-state index contributed by atoms with van der Waals surface area (Å²) in [5.41, 5.74) is 6.86. The van der Waals surface area contributed by atoms with Crippen LogP contribution >= 0.6 is 28.1 Å². The average Bonchev–Trinajstić information content (AvgIpc) is 2.48. The van der Waals surface area contributed by atoms with Gasteiger partial charge in [0.15, 0.2) is 5.11 Å². The third kappa shape index (κ3) is 8.52. The number of hydrogen-bond acceptors (Lipinski definition) is 4. The van der Waals surface area contributed by atoms with E-state index in [1.807, 2.05) is 24.3 Å². The number of halogens is 1. The van der Waals surface area contributed by atoms with Gasteiger partial charge in [-0.3, -0.25) is 15.6 Å². The monoisotopic (exact) mass is 373 g/mol. The first kappa shape index (κ1) is 17.7. The van der Waals surface area contributed by atoms with Crippen molar-refractivity contribution in [2.75, 3.05) is 19.1 Å². The van der Waals surface area contributed by atoms with Crippen LogP contribution in [0, 0.1) is 0 Å². The van der Waals surface area contributed by atoms with E-state index in [0.29, 0.717) is 11.5 Å². The van der Waals surface area contributed by atoms with Crippen LogP contribution in [0.3, 0.4) is 0 Å². The fourth-order valence-corrected chi connectivity index (χ4v) is 2.17. The summed E-state index contributed by atoms with van der Waals surface area (Å²) in [5.74, 6) is -0.154. The second kappa shape index (κ2) is 10.4. The summed E-state index contributed by atoms with van der Waals surface area (Å²) in [7, 11) is 1.41. The van der Waals surface area contributed by atoms with Crippen LogP contribution in [0.15, 0.2) is 28.7 Å². The van der Waals surface area contributed by atoms with Crippen molar-refractivity contribution in [2.24, 2.45) is 0 Å². The van der Waals surface area contributed by atoms with E-state index in [0.717, 1.165) is 36.0 Å². The average molecular weight is 374 g/mol. The highest BCUT2D eigenvalue weighted by Crippen LogP contribution is 2.14. The highest BCUT2D eigenvalue weighted by atomic mass is 79.9. The first-order valence-electron chi connectivity index (χ1n) is 6.74. The molecule has 0 bridgehead atoms. The van der Waals surface area contributed by atoms with Crippen molar-refractivity contribution >= 4 is 44.9 Å². The van der Waals surface area contributed by atoms with Crippen LogP contribution in [0.1, 0.15) is 25.7 Å². The quantitative estimate of drug-likeness (QED) is 0.282. The number of ether oxygens (including phenoxy) is 1. The van der Waals surface area contributed by atoms with Gasteiger partial charge in [-0.05, 0) is 43.3 Å². The number of carbonyl (C=O) groups excluding carboxylic acids is 1. The number of anilines is 1. The van der Waals surface area contributed by atoms with Crippen LogP contribution in [0.2, 0.25) is 0 Å². The normalized spacial score (nSPS) is 9.81. The standard InChI is InChI=1S/C14H20BrN3O2S/c1-20-13(19)8-3-2-4-9-16-14(21)18-17-12-7-5-6-11(15)10-12/h5-7,10,17H,2-4,8-9H2,1H3,(H2,16,18,21). The smallest absolute Gasteiger partial charge is 0.305 e. The predicted octanol–water partition coefficient (Wildman–Crippen LogP) is 2.97. The van der Waals surface area contributed by atoms with E-state index in [1.165, 1.54) is 7.11 Å². The van der Waals surface area contributed by atoms with Gasteiger partial charge in [0.25, 0.3) is 0 Å². The molecule has 0 aromatic heterocycles. The Labute approximate surface area is 138 Å². The number of hydrazine groups is 1. The summed E-state index contributed by atoms with van der Waals surface area (Å²) >= 11 is 8.56. The van der Waals surface area contributed by atoms with E-state index in [2.05, 4.69) is 36.8 Å². The lowest BCUT2D eigenvalue weighted by molar-refractivity contribution is -0.140. The SMILES string of the molecule is COC(=O)CCCCCNC(=S)NNc1cccc(Br)c1. The molecule has 0 spiro atoms. The van der Waals surface area contributed by atoms with Crippen molar-refractivity contribution in [1.29, 1.82) is 0 Å². The Morgan fingerprint density at radius 2 is 2.14 bits per heavy atom. The minimum absolute atomic E-state index is 0.154. The zero-order valence-electron chi connectivity index (χ0n) is 11.9. The molecule has 5 nitrogen and oxygen atoms in total. The summed E-state index contributed by atoms with van der Waals surface area (Å²) in [6, 6.07) is 7.78. The van der Waals surface area contributed by atoms with E-state index in [-0.39, 0.29) is 5.97 Å². The van der Waals surface area contributed by atoms with Gasteiger partial charge in [-0.2, -0.15) is 0 Å². The molecule has 3 N–H and O–H groups in total. The van der Waals surface area contributed by atoms with Gasteiger partial charge in [0, 0.05) is 17.4 Å². The van der Waals surface area contributed by atoms with Crippen LogP contribution in [-0.2, 0) is 9.53 Å². The maximum absolute atomic E-state index is 10.9. The van der Waals surface area contributed by atoms with Gasteiger partial charge in [-0.1, -0.05) is 28.4 Å². The molecule has 0 radical (unpaired) electrons. The molecule has 0 heterocycles. The molecule has 1 rings (SSSR count). The first-order valence-corrected chi connectivity index (χ1v) is 7.94. The highest BCUT2D eigenvalue weighted by Gasteiger charge is 2.00. The number of methoxy groups -OCH3 is 1. The van der Waals surface area contributed by atoms with Crippen LogP contribution in [0.4, 0.5) is 5.69 Å². The Balaban J connectivity index is 2.05. The first-order chi connectivity index (χ1) is 10.1. The van der Waals surface area contributed by atoms with E-state index >= 15 is 0 Å². The zero-order valence-corrected chi connectivity index (χ0v) is 14.4. The molecule has 1 aromatic rings. The van der Waals surface area contributed by atoms with Crippen molar-refractivity contribution in [3.8, 4) is 0 Å². The molecule has 0 saturated carbocycles. The van der Waals surface area contributed by atoms with Crippen LogP contribution < -0.4 is 16.2 Å². The van der Waals surface area contributed by atoms with E-state index in [1.54, 1.807) is 0 Å². The molecule has 1 aromatic carbocycles. The number of thiocarbonyl (C=S) groups is 1. The number of hydrogen-bond donors (Lipinski definition) is 3. The van der Waals surface area contributed by atoms with Gasteiger partial charge in [-0.15, -0.1) is 0 Å². The van der Waals surface area contributed by atoms with E-state index in [9.17, 15) is 4.79 Å². The number of benzene rings is 1. The summed E-state index contributed by atoms with van der Waals surface area (Å²) < 4.78 is 5.58. The lowest BCUT2D eigenvalue weighted by Crippen LogP contribution is -2.39. The minimum atomic E-state index is -0.154. The Bertz CT molecular complexity index is 471. The van der Waals surface area contributed by atoms with Gasteiger partial charge in [-0.25, -0.2) is 0 Å². The Hall–Kier alpha value is -1.34. The molecule has 0 fully saturated rings. The summed E-state index contributed by atoms with van der Waals surface area (Å²) in [5, 5.41) is 3.64. The Morgan fingerprint density at radius 1 is 1.33 bits per heavy atom. The van der Waals surface area contributed by atoms with Crippen molar-refractivity contribution < 1.29 is 9.53 Å². The van der Waals surface area contributed by atoms with Crippen LogP contribution in [0.25, 0.3) is 0 Å². The maximum atomic E-state index is 10.9. The van der Waals surface area contributed by atoms with Crippen molar-refractivity contribution in [3.05, 3.63) is 28.7 Å². The largest absolute Gasteiger partial charge is 0.469 e. The van der Waals surface area contributed by atoms with Gasteiger partial charge >= 0.3 is 5.97 Å². The predicted molar refractivity (Wildman–Crippen MR) is 92.0 cm³/mol. The number of esters is 1. The third-order valence-electron chi connectivity index (χ3n) is 2.72. The molecule has 0 aliphatic heterocycles. The van der Waals surface area contributed by atoms with Crippen molar-refractivity contribution in [2.45, 2.75) is 25.7 Å². The molecule has 21 heavy (non-hydrogen) atoms. The lowest BCUT2D eigenvalue weighted by atomic mass is 10.2. The topological polar surface area (TPSA) is 62.4 Å². The third-order valence-corrected chi connectivity index (χ3v) is 3.46. The molecule has 0 saturated heterocycles. The number of carbonyl (C=O) groups is 1. The molecule has 7 heteroatoms. The fraction of sp³-hybridized carbons (Fsp3) is 0.429. The molecule has 0 aliphatic carbocycles. The van der Waals surface area contributed by atoms with Gasteiger partial charge in [0.05, 0.1) is 12.8 Å². The summed E-state index contributed by atoms with van der Waals surface area (Å²) in [6.45, 7) is 0.771. The van der Waals surface area contributed by atoms with Crippen molar-refractivity contribution in [3.63, 3.8) is 0 Å². The molecule has 0 aliphatic rings. The number of rotatable bonds is 8. The fourth-order valence-electron chi connectivity index (χ4n) is 1.61. The van der Waals surface area contributed by atoms with E-state index < -0.39 is 0 Å². The minimum Gasteiger partial charge on any atom is -0.469 e. The summed E-state index contributed by atoms with van der Waals surface area (Å²) in [6.07, 6.45) is 3.23. The molecule has 0 atom stereocenters. The second-order valence-corrected chi connectivity index (χ2v) is 5.73. The lowest BCUT2D eigenvalue weighted by Gasteiger charge is -2.12.